The zero-order valence-electron chi connectivity index (χ0n) is 11.5. The summed E-state index contributed by atoms with van der Waals surface area (Å²) in [5, 5.41) is 3.37. The van der Waals surface area contributed by atoms with Gasteiger partial charge in [0.25, 0.3) is 0 Å². The fourth-order valence-corrected chi connectivity index (χ4v) is 3.28. The van der Waals surface area contributed by atoms with Crippen molar-refractivity contribution in [3.8, 4) is 0 Å². The van der Waals surface area contributed by atoms with Gasteiger partial charge in [-0.25, -0.2) is 13.1 Å². The van der Waals surface area contributed by atoms with E-state index in [0.29, 0.717) is 12.5 Å². The van der Waals surface area contributed by atoms with Crippen LogP contribution < -0.4 is 10.0 Å². The van der Waals surface area contributed by atoms with Gasteiger partial charge in [0, 0.05) is 12.6 Å². The van der Waals surface area contributed by atoms with E-state index in [1.807, 2.05) is 0 Å². The number of rotatable bonds is 5. The smallest absolute Gasteiger partial charge is 0.212 e. The Balaban J connectivity index is 2.01. The van der Waals surface area contributed by atoms with Crippen molar-refractivity contribution < 1.29 is 8.42 Å². The van der Waals surface area contributed by atoms with Crippen LogP contribution >= 0.6 is 0 Å². The molecule has 2 rings (SSSR count). The molecule has 1 aromatic rings. The molecule has 1 aliphatic carbocycles. The largest absolute Gasteiger partial charge is 0.309 e. The molecular weight excluding hydrogens is 260 g/mol. The summed E-state index contributed by atoms with van der Waals surface area (Å²) in [6.07, 6.45) is 2.21. The maximum absolute atomic E-state index is 11.4. The highest BCUT2D eigenvalue weighted by Gasteiger charge is 2.24. The maximum atomic E-state index is 11.4. The lowest BCUT2D eigenvalue weighted by atomic mass is 9.81. The van der Waals surface area contributed by atoms with Gasteiger partial charge in [0.15, 0.2) is 0 Å². The lowest BCUT2D eigenvalue weighted by Crippen LogP contribution is -2.33. The van der Waals surface area contributed by atoms with Crippen LogP contribution in [0.1, 0.15) is 42.9 Å². The van der Waals surface area contributed by atoms with Gasteiger partial charge in [-0.3, -0.25) is 0 Å². The second kappa shape index (κ2) is 6.03. The van der Waals surface area contributed by atoms with Gasteiger partial charge in [0.2, 0.25) is 10.0 Å². The lowest BCUT2D eigenvalue weighted by Gasteiger charge is -2.30. The highest BCUT2D eigenvalue weighted by atomic mass is 32.2. The van der Waals surface area contributed by atoms with Crippen LogP contribution in [-0.4, -0.2) is 27.8 Å². The Labute approximate surface area is 115 Å². The minimum atomic E-state index is -3.12. The van der Waals surface area contributed by atoms with Gasteiger partial charge in [-0.1, -0.05) is 31.2 Å². The molecule has 0 bridgehead atoms. The van der Waals surface area contributed by atoms with Crippen LogP contribution in [0.15, 0.2) is 24.3 Å². The normalized spacial score (nSPS) is 23.1. The standard InChI is InChI=1S/C14H22N2O2S/c1-11-7-8-14(13-6-4-3-5-12(11)13)16-9-10-19(17,18)15-2/h3-6,11,14-16H,7-10H2,1-2H3. The summed E-state index contributed by atoms with van der Waals surface area (Å²) in [7, 11) is -1.67. The van der Waals surface area contributed by atoms with Gasteiger partial charge in [0.1, 0.15) is 0 Å². The van der Waals surface area contributed by atoms with Crippen molar-refractivity contribution in [1.29, 1.82) is 0 Å². The summed E-state index contributed by atoms with van der Waals surface area (Å²) < 4.78 is 25.1. The average Bonchev–Trinajstić information content (AvgIpc) is 2.42. The number of nitrogens with one attached hydrogen (secondary N) is 2. The summed E-state index contributed by atoms with van der Waals surface area (Å²) in [6.45, 7) is 2.73. The first kappa shape index (κ1) is 14.5. The number of sulfonamides is 1. The van der Waals surface area contributed by atoms with E-state index in [4.69, 9.17) is 0 Å². The SMILES string of the molecule is CNS(=O)(=O)CCNC1CCC(C)c2ccccc21. The molecular formula is C14H22N2O2S. The number of hydrogen-bond donors (Lipinski definition) is 2. The van der Waals surface area contributed by atoms with Gasteiger partial charge in [-0.05, 0) is 36.9 Å². The molecule has 2 unspecified atom stereocenters. The molecule has 0 aromatic heterocycles. The highest BCUT2D eigenvalue weighted by molar-refractivity contribution is 7.89. The molecule has 0 spiro atoms. The lowest BCUT2D eigenvalue weighted by molar-refractivity contribution is 0.440. The fraction of sp³-hybridized carbons (Fsp3) is 0.571. The van der Waals surface area contributed by atoms with Gasteiger partial charge in [-0.2, -0.15) is 0 Å². The zero-order chi connectivity index (χ0) is 13.9. The van der Waals surface area contributed by atoms with Crippen LogP contribution in [0.2, 0.25) is 0 Å². The van der Waals surface area contributed by atoms with Crippen molar-refractivity contribution in [3.05, 3.63) is 35.4 Å². The summed E-state index contributed by atoms with van der Waals surface area (Å²) >= 11 is 0. The molecule has 106 valence electrons. The van der Waals surface area contributed by atoms with Crippen molar-refractivity contribution >= 4 is 10.0 Å². The van der Waals surface area contributed by atoms with Crippen LogP contribution in [0.4, 0.5) is 0 Å². The molecule has 4 nitrogen and oxygen atoms in total. The first-order valence-corrected chi connectivity index (χ1v) is 8.42. The molecule has 0 saturated carbocycles. The summed E-state index contributed by atoms with van der Waals surface area (Å²) in [6, 6.07) is 8.73. The van der Waals surface area contributed by atoms with Crippen molar-refractivity contribution in [2.75, 3.05) is 19.3 Å². The average molecular weight is 282 g/mol. The second-order valence-corrected chi connectivity index (χ2v) is 7.18. The third-order valence-electron chi connectivity index (χ3n) is 3.86. The van der Waals surface area contributed by atoms with E-state index in [1.165, 1.54) is 18.2 Å². The van der Waals surface area contributed by atoms with Gasteiger partial charge in [-0.15, -0.1) is 0 Å². The van der Waals surface area contributed by atoms with E-state index in [1.54, 1.807) is 0 Å². The number of hydrogen-bond acceptors (Lipinski definition) is 3. The predicted molar refractivity (Wildman–Crippen MR) is 77.7 cm³/mol. The van der Waals surface area contributed by atoms with E-state index in [-0.39, 0.29) is 11.8 Å². The van der Waals surface area contributed by atoms with Crippen LogP contribution in [0, 0.1) is 0 Å². The Morgan fingerprint density at radius 3 is 2.58 bits per heavy atom. The Kier molecular flexibility index (Phi) is 4.60. The van der Waals surface area contributed by atoms with Gasteiger partial charge >= 0.3 is 0 Å². The van der Waals surface area contributed by atoms with E-state index >= 15 is 0 Å². The third kappa shape index (κ3) is 3.55. The van der Waals surface area contributed by atoms with E-state index < -0.39 is 10.0 Å². The maximum Gasteiger partial charge on any atom is 0.212 e. The number of fused-ring (bicyclic) bond motifs is 1. The zero-order valence-corrected chi connectivity index (χ0v) is 12.3. The van der Waals surface area contributed by atoms with Gasteiger partial charge < -0.3 is 5.32 Å². The molecule has 0 fully saturated rings. The van der Waals surface area contributed by atoms with E-state index in [2.05, 4.69) is 41.2 Å². The molecule has 1 aliphatic rings. The van der Waals surface area contributed by atoms with Crippen molar-refractivity contribution in [1.82, 2.24) is 10.0 Å². The van der Waals surface area contributed by atoms with Crippen molar-refractivity contribution in [2.24, 2.45) is 0 Å². The molecule has 0 saturated heterocycles. The van der Waals surface area contributed by atoms with Gasteiger partial charge in [0.05, 0.1) is 5.75 Å². The van der Waals surface area contributed by atoms with Crippen LogP contribution in [0.5, 0.6) is 0 Å². The molecule has 0 radical (unpaired) electrons. The molecule has 2 N–H and O–H groups in total. The molecule has 0 amide bonds. The quantitative estimate of drug-likeness (QED) is 0.865. The van der Waals surface area contributed by atoms with Crippen LogP contribution in [-0.2, 0) is 10.0 Å². The van der Waals surface area contributed by atoms with Crippen molar-refractivity contribution in [3.63, 3.8) is 0 Å². The Bertz CT molecular complexity index is 528. The molecule has 2 atom stereocenters. The Hall–Kier alpha value is -0.910. The summed E-state index contributed by atoms with van der Waals surface area (Å²) in [5.41, 5.74) is 2.71. The highest BCUT2D eigenvalue weighted by Crippen LogP contribution is 2.36. The first-order chi connectivity index (χ1) is 9.03. The van der Waals surface area contributed by atoms with E-state index in [9.17, 15) is 8.42 Å². The molecule has 19 heavy (non-hydrogen) atoms. The summed E-state index contributed by atoms with van der Waals surface area (Å²) in [5.74, 6) is 0.716. The molecule has 5 heteroatoms. The topological polar surface area (TPSA) is 58.2 Å². The van der Waals surface area contributed by atoms with Crippen LogP contribution in [0.3, 0.4) is 0 Å². The molecule has 1 aromatic carbocycles. The number of benzene rings is 1. The third-order valence-corrected chi connectivity index (χ3v) is 5.23. The monoisotopic (exact) mass is 282 g/mol. The van der Waals surface area contributed by atoms with Crippen molar-refractivity contribution in [2.45, 2.75) is 31.7 Å². The summed E-state index contributed by atoms with van der Waals surface area (Å²) in [4.78, 5) is 0. The Morgan fingerprint density at radius 1 is 1.21 bits per heavy atom. The minimum Gasteiger partial charge on any atom is -0.309 e. The molecule has 0 heterocycles. The van der Waals surface area contributed by atoms with E-state index in [0.717, 1.165) is 12.8 Å². The first-order valence-electron chi connectivity index (χ1n) is 6.77. The second-order valence-electron chi connectivity index (χ2n) is 5.14. The molecule has 0 aliphatic heterocycles. The Morgan fingerprint density at radius 2 is 1.89 bits per heavy atom. The minimum absolute atomic E-state index is 0.123. The van der Waals surface area contributed by atoms with Crippen LogP contribution in [0.25, 0.3) is 0 Å². The fourth-order valence-electron chi connectivity index (χ4n) is 2.69. The predicted octanol–water partition coefficient (Wildman–Crippen LogP) is 1.76.